The number of hydrogen-bond donors (Lipinski definition) is 2. The first-order valence-corrected chi connectivity index (χ1v) is 17.9. The van der Waals surface area contributed by atoms with Gasteiger partial charge in [0, 0.05) is 31.5 Å². The molecule has 2 heterocycles. The number of ether oxygens (including phenoxy) is 1. The topological polar surface area (TPSA) is 119 Å². The zero-order valence-electron chi connectivity index (χ0n) is 25.7. The molecule has 2 N–H and O–H groups in total. The SMILES string of the molecule is CN(c1ccccc1)S(=O)(=O)N1CC(N2c3ccccc3CCc3ccccc32)[C@@H](O)[C@H](NS(=O)(=O)c2ccc(OC(F)(F)F)cc2)C1. The Balaban J connectivity index is 1.41. The van der Waals surface area contributed by atoms with Crippen molar-refractivity contribution in [3.63, 3.8) is 0 Å². The number of sulfonamides is 1. The summed E-state index contributed by atoms with van der Waals surface area (Å²) in [7, 11) is -7.36. The fraction of sp³-hybridized carbons (Fsp3) is 0.273. The van der Waals surface area contributed by atoms with Crippen molar-refractivity contribution in [1.29, 1.82) is 0 Å². The van der Waals surface area contributed by atoms with E-state index in [1.807, 2.05) is 53.4 Å². The smallest absolute Gasteiger partial charge is 0.406 e. The summed E-state index contributed by atoms with van der Waals surface area (Å²) in [4.78, 5) is 1.49. The van der Waals surface area contributed by atoms with Crippen molar-refractivity contribution < 1.29 is 39.9 Å². The molecular weight excluding hydrogens is 670 g/mol. The highest BCUT2D eigenvalue weighted by Crippen LogP contribution is 2.40. The minimum Gasteiger partial charge on any atom is -0.406 e. The van der Waals surface area contributed by atoms with Crippen LogP contribution in [0.15, 0.2) is 108 Å². The van der Waals surface area contributed by atoms with Crippen LogP contribution in [0.2, 0.25) is 0 Å². The van der Waals surface area contributed by atoms with E-state index in [0.717, 1.165) is 55.4 Å². The summed E-state index contributed by atoms with van der Waals surface area (Å²) in [5.41, 5.74) is 3.83. The second kappa shape index (κ2) is 13.0. The van der Waals surface area contributed by atoms with Gasteiger partial charge in [0.2, 0.25) is 10.0 Å². The summed E-state index contributed by atoms with van der Waals surface area (Å²) in [5, 5.41) is 12.0. The van der Waals surface area contributed by atoms with E-state index in [2.05, 4.69) is 9.46 Å². The van der Waals surface area contributed by atoms with Crippen LogP contribution in [0.1, 0.15) is 11.1 Å². The molecule has 3 atom stereocenters. The van der Waals surface area contributed by atoms with Crippen molar-refractivity contribution >= 4 is 37.3 Å². The van der Waals surface area contributed by atoms with Crippen molar-refractivity contribution in [3.8, 4) is 5.75 Å². The second-order valence-corrected chi connectivity index (χ2v) is 15.2. The molecule has 1 fully saturated rings. The number of nitrogens with one attached hydrogen (secondary N) is 1. The van der Waals surface area contributed by atoms with E-state index in [1.165, 1.54) is 7.05 Å². The third-order valence-electron chi connectivity index (χ3n) is 8.56. The molecule has 1 saturated heterocycles. The van der Waals surface area contributed by atoms with E-state index in [0.29, 0.717) is 18.5 Å². The maximum absolute atomic E-state index is 14.2. The van der Waals surface area contributed by atoms with Gasteiger partial charge in [-0.25, -0.2) is 13.1 Å². The van der Waals surface area contributed by atoms with E-state index in [1.54, 1.807) is 30.3 Å². The molecular formula is C33H33F3N4O6S2. The van der Waals surface area contributed by atoms with Crippen molar-refractivity contribution in [1.82, 2.24) is 9.03 Å². The highest BCUT2D eigenvalue weighted by molar-refractivity contribution is 7.90. The first-order valence-electron chi connectivity index (χ1n) is 15.0. The molecule has 0 bridgehead atoms. The summed E-state index contributed by atoms with van der Waals surface area (Å²) in [6.07, 6.45) is -5.02. The number of aliphatic hydroxyl groups is 1. The van der Waals surface area contributed by atoms with Crippen LogP contribution < -0.4 is 18.7 Å². The van der Waals surface area contributed by atoms with Crippen LogP contribution >= 0.6 is 0 Å². The molecule has 0 radical (unpaired) electrons. The van der Waals surface area contributed by atoms with Gasteiger partial charge in [-0.1, -0.05) is 54.6 Å². The largest absolute Gasteiger partial charge is 0.573 e. The summed E-state index contributed by atoms with van der Waals surface area (Å²) < 4.78 is 102. The lowest BCUT2D eigenvalue weighted by Gasteiger charge is -2.47. The van der Waals surface area contributed by atoms with Crippen LogP contribution in [-0.2, 0) is 33.1 Å². The first-order chi connectivity index (χ1) is 22.7. The van der Waals surface area contributed by atoms with Gasteiger partial charge in [-0.3, -0.25) is 4.31 Å². The quantitative estimate of drug-likeness (QED) is 0.276. The molecule has 2 aliphatic heterocycles. The predicted octanol–water partition coefficient (Wildman–Crippen LogP) is 4.60. The molecule has 10 nitrogen and oxygen atoms in total. The van der Waals surface area contributed by atoms with Crippen LogP contribution in [-0.4, -0.2) is 70.9 Å². The number of anilines is 3. The minimum atomic E-state index is -4.97. The minimum absolute atomic E-state index is 0.189. The number of halogens is 3. The maximum Gasteiger partial charge on any atom is 0.573 e. The number of hydrogen-bond acceptors (Lipinski definition) is 7. The standard InChI is InChI=1S/C33H33F3N4O6S2/c1-38(25-11-3-2-4-12-25)48(44,45)39-21-28(37-47(42,43)27-19-17-26(18-20-27)46-33(34,35)36)32(41)31(22-39)40-29-13-7-5-9-23(29)15-16-24-10-6-8-14-30(24)40/h2-14,17-20,28,31-32,37,41H,15-16,21-22H2,1H3/t28-,31?,32+/m1/s1. The molecule has 4 aromatic carbocycles. The zero-order valence-corrected chi connectivity index (χ0v) is 27.3. The molecule has 15 heteroatoms. The lowest BCUT2D eigenvalue weighted by molar-refractivity contribution is -0.274. The van der Waals surface area contributed by atoms with Gasteiger partial charge in [0.1, 0.15) is 5.75 Å². The number of benzene rings is 4. The number of rotatable bonds is 8. The lowest BCUT2D eigenvalue weighted by Crippen LogP contribution is -2.67. The average Bonchev–Trinajstić information content (AvgIpc) is 3.22. The molecule has 6 rings (SSSR count). The Morgan fingerprint density at radius 3 is 1.90 bits per heavy atom. The Labute approximate surface area is 277 Å². The van der Waals surface area contributed by atoms with Gasteiger partial charge in [-0.2, -0.15) is 12.7 Å². The lowest BCUT2D eigenvalue weighted by atomic mass is 9.96. The number of alkyl halides is 3. The Hall–Kier alpha value is -4.15. The summed E-state index contributed by atoms with van der Waals surface area (Å²) >= 11 is 0. The molecule has 2 aliphatic rings. The van der Waals surface area contributed by atoms with Crippen LogP contribution in [0.4, 0.5) is 30.2 Å². The van der Waals surface area contributed by atoms with Crippen LogP contribution in [0.25, 0.3) is 0 Å². The van der Waals surface area contributed by atoms with E-state index in [-0.39, 0.29) is 6.54 Å². The van der Waals surface area contributed by atoms with E-state index in [9.17, 15) is 35.1 Å². The maximum atomic E-state index is 14.2. The second-order valence-electron chi connectivity index (χ2n) is 11.6. The number of aliphatic hydroxyl groups excluding tert-OH is 1. The van der Waals surface area contributed by atoms with Crippen molar-refractivity contribution in [2.45, 2.75) is 42.3 Å². The number of nitrogens with zero attached hydrogens (tertiary/aromatic N) is 3. The molecule has 254 valence electrons. The first kappa shape index (κ1) is 33.7. The van der Waals surface area contributed by atoms with Crippen LogP contribution in [0.5, 0.6) is 5.75 Å². The molecule has 0 spiro atoms. The molecule has 0 aliphatic carbocycles. The highest BCUT2D eigenvalue weighted by Gasteiger charge is 2.46. The van der Waals surface area contributed by atoms with Gasteiger partial charge in [0.15, 0.2) is 0 Å². The van der Waals surface area contributed by atoms with Gasteiger partial charge in [0.05, 0.1) is 28.8 Å². The van der Waals surface area contributed by atoms with Gasteiger partial charge in [-0.05, 0) is 72.5 Å². The third-order valence-corrected chi connectivity index (χ3v) is 11.9. The van der Waals surface area contributed by atoms with E-state index < -0.39 is 62.0 Å². The van der Waals surface area contributed by atoms with Gasteiger partial charge in [0.25, 0.3) is 0 Å². The predicted molar refractivity (Wildman–Crippen MR) is 175 cm³/mol. The number of fused-ring (bicyclic) bond motifs is 2. The monoisotopic (exact) mass is 702 g/mol. The van der Waals surface area contributed by atoms with Gasteiger partial charge >= 0.3 is 16.6 Å². The molecule has 0 saturated carbocycles. The number of para-hydroxylation sites is 3. The third kappa shape index (κ3) is 6.87. The fourth-order valence-corrected chi connectivity index (χ4v) is 8.89. The highest BCUT2D eigenvalue weighted by atomic mass is 32.2. The molecule has 0 aromatic heterocycles. The van der Waals surface area contributed by atoms with Crippen LogP contribution in [0, 0.1) is 0 Å². The number of piperidine rings is 1. The van der Waals surface area contributed by atoms with Gasteiger partial charge < -0.3 is 14.7 Å². The van der Waals surface area contributed by atoms with Crippen LogP contribution in [0.3, 0.4) is 0 Å². The molecule has 4 aromatic rings. The Morgan fingerprint density at radius 1 is 0.792 bits per heavy atom. The van der Waals surface area contributed by atoms with Crippen molar-refractivity contribution in [2.24, 2.45) is 0 Å². The Bertz CT molecular complexity index is 1930. The molecule has 48 heavy (non-hydrogen) atoms. The summed E-state index contributed by atoms with van der Waals surface area (Å²) in [6.45, 7) is -0.617. The van der Waals surface area contributed by atoms with Crippen molar-refractivity contribution in [3.05, 3.63) is 114 Å². The Kier molecular flexibility index (Phi) is 9.17. The summed E-state index contributed by atoms with van der Waals surface area (Å²) in [6, 6.07) is 24.9. The molecule has 0 amide bonds. The Morgan fingerprint density at radius 2 is 1.33 bits per heavy atom. The van der Waals surface area contributed by atoms with E-state index in [4.69, 9.17) is 0 Å². The fourth-order valence-electron chi connectivity index (χ4n) is 6.22. The molecule has 1 unspecified atom stereocenters. The van der Waals surface area contributed by atoms with Crippen molar-refractivity contribution in [2.75, 3.05) is 29.3 Å². The summed E-state index contributed by atoms with van der Waals surface area (Å²) in [5.74, 6) is -0.612. The van der Waals surface area contributed by atoms with E-state index >= 15 is 0 Å². The number of aryl methyl sites for hydroxylation is 2. The zero-order chi connectivity index (χ0) is 34.3. The normalized spacial score (nSPS) is 20.4. The average molecular weight is 703 g/mol. The van der Waals surface area contributed by atoms with Gasteiger partial charge in [-0.15, -0.1) is 13.2 Å².